The molecule has 0 amide bonds. The van der Waals surface area contributed by atoms with Crippen molar-refractivity contribution in [2.24, 2.45) is 0 Å². The fourth-order valence-corrected chi connectivity index (χ4v) is 3.16. The SMILES string of the molecule is C[C@@H](F)C[C@](C)(CNc1ncc(-c2ncc(O)cc2F)cn1)c1ncccc1F. The molecule has 0 radical (unpaired) electrons. The maximum atomic E-state index is 14.3. The van der Waals surface area contributed by atoms with E-state index in [1.165, 1.54) is 37.6 Å². The Balaban J connectivity index is 1.79. The lowest BCUT2D eigenvalue weighted by Crippen LogP contribution is -2.36. The van der Waals surface area contributed by atoms with E-state index in [4.69, 9.17) is 0 Å². The highest BCUT2D eigenvalue weighted by Crippen LogP contribution is 2.31. The Morgan fingerprint density at radius 1 is 1.10 bits per heavy atom. The van der Waals surface area contributed by atoms with Crippen molar-refractivity contribution in [3.8, 4) is 17.0 Å². The summed E-state index contributed by atoms with van der Waals surface area (Å²) in [4.78, 5) is 16.2. The number of aromatic nitrogens is 4. The van der Waals surface area contributed by atoms with Gasteiger partial charge < -0.3 is 10.4 Å². The van der Waals surface area contributed by atoms with Crippen LogP contribution in [0.15, 0.2) is 43.0 Å². The molecule has 3 rings (SSSR count). The maximum absolute atomic E-state index is 14.3. The van der Waals surface area contributed by atoms with Crippen LogP contribution in [0.2, 0.25) is 0 Å². The van der Waals surface area contributed by atoms with E-state index in [0.717, 1.165) is 12.3 Å². The number of rotatable bonds is 7. The van der Waals surface area contributed by atoms with E-state index in [1.54, 1.807) is 6.92 Å². The van der Waals surface area contributed by atoms with Crippen LogP contribution in [0.1, 0.15) is 26.0 Å². The number of halogens is 3. The summed E-state index contributed by atoms with van der Waals surface area (Å²) in [6, 6.07) is 3.71. The van der Waals surface area contributed by atoms with Crippen molar-refractivity contribution in [2.75, 3.05) is 11.9 Å². The van der Waals surface area contributed by atoms with Crippen molar-refractivity contribution in [3.63, 3.8) is 0 Å². The summed E-state index contributed by atoms with van der Waals surface area (Å²) in [6.07, 6.45) is 4.20. The monoisotopic (exact) mass is 403 g/mol. The summed E-state index contributed by atoms with van der Waals surface area (Å²) in [7, 11) is 0. The molecule has 0 spiro atoms. The summed E-state index contributed by atoms with van der Waals surface area (Å²) < 4.78 is 42.0. The molecule has 0 unspecified atom stereocenters. The van der Waals surface area contributed by atoms with Crippen molar-refractivity contribution < 1.29 is 18.3 Å². The van der Waals surface area contributed by atoms with Crippen LogP contribution in [0.4, 0.5) is 19.1 Å². The Labute approximate surface area is 165 Å². The zero-order valence-electron chi connectivity index (χ0n) is 15.9. The van der Waals surface area contributed by atoms with Crippen LogP contribution in [0.5, 0.6) is 5.75 Å². The fourth-order valence-electron chi connectivity index (χ4n) is 3.16. The maximum Gasteiger partial charge on any atom is 0.222 e. The second-order valence-corrected chi connectivity index (χ2v) is 7.05. The molecule has 3 aromatic heterocycles. The molecule has 2 N–H and O–H groups in total. The first kappa shape index (κ1) is 20.5. The third-order valence-electron chi connectivity index (χ3n) is 4.45. The molecule has 2 atom stereocenters. The number of pyridine rings is 2. The molecule has 0 aliphatic carbocycles. The van der Waals surface area contributed by atoms with Crippen molar-refractivity contribution in [1.29, 1.82) is 0 Å². The second kappa shape index (κ2) is 8.42. The Morgan fingerprint density at radius 2 is 1.83 bits per heavy atom. The minimum Gasteiger partial charge on any atom is -0.506 e. The molecule has 0 saturated heterocycles. The summed E-state index contributed by atoms with van der Waals surface area (Å²) in [5, 5.41) is 12.2. The fraction of sp³-hybridized carbons (Fsp3) is 0.300. The number of aromatic hydroxyl groups is 1. The summed E-state index contributed by atoms with van der Waals surface area (Å²) in [6.45, 7) is 3.26. The molecule has 0 saturated carbocycles. The van der Waals surface area contributed by atoms with Crippen molar-refractivity contribution >= 4 is 5.95 Å². The van der Waals surface area contributed by atoms with E-state index in [0.29, 0.717) is 5.56 Å². The van der Waals surface area contributed by atoms with Gasteiger partial charge in [-0.25, -0.2) is 28.1 Å². The largest absolute Gasteiger partial charge is 0.506 e. The number of hydrogen-bond acceptors (Lipinski definition) is 6. The molecular weight excluding hydrogens is 383 g/mol. The Morgan fingerprint density at radius 3 is 2.45 bits per heavy atom. The highest BCUT2D eigenvalue weighted by molar-refractivity contribution is 5.58. The van der Waals surface area contributed by atoms with Crippen LogP contribution < -0.4 is 5.32 Å². The molecule has 29 heavy (non-hydrogen) atoms. The second-order valence-electron chi connectivity index (χ2n) is 7.05. The van der Waals surface area contributed by atoms with Crippen LogP contribution in [0.25, 0.3) is 11.3 Å². The highest BCUT2D eigenvalue weighted by atomic mass is 19.1. The van der Waals surface area contributed by atoms with Gasteiger partial charge in [0.2, 0.25) is 5.95 Å². The minimum atomic E-state index is -1.17. The number of nitrogens with one attached hydrogen (secondary N) is 1. The van der Waals surface area contributed by atoms with E-state index in [1.807, 2.05) is 0 Å². The summed E-state index contributed by atoms with van der Waals surface area (Å²) in [5.41, 5.74) is -0.458. The average Bonchev–Trinajstić information content (AvgIpc) is 2.67. The average molecular weight is 403 g/mol. The normalized spacial score (nSPS) is 14.2. The van der Waals surface area contributed by atoms with Gasteiger partial charge in [0.15, 0.2) is 5.82 Å². The lowest BCUT2D eigenvalue weighted by Gasteiger charge is -2.30. The minimum absolute atomic E-state index is 0.000925. The first-order valence-corrected chi connectivity index (χ1v) is 8.94. The van der Waals surface area contributed by atoms with Gasteiger partial charge in [-0.15, -0.1) is 0 Å². The molecule has 6 nitrogen and oxygen atoms in total. The van der Waals surface area contributed by atoms with Crippen molar-refractivity contribution in [1.82, 2.24) is 19.9 Å². The number of alkyl halides is 1. The predicted octanol–water partition coefficient (Wildman–Crippen LogP) is 4.04. The zero-order chi connectivity index (χ0) is 21.0. The summed E-state index contributed by atoms with van der Waals surface area (Å²) >= 11 is 0. The summed E-state index contributed by atoms with van der Waals surface area (Å²) in [5.74, 6) is -1.29. The molecule has 0 aliphatic heterocycles. The van der Waals surface area contributed by atoms with E-state index >= 15 is 0 Å². The first-order chi connectivity index (χ1) is 13.8. The molecule has 0 bridgehead atoms. The topological polar surface area (TPSA) is 83.8 Å². The zero-order valence-corrected chi connectivity index (χ0v) is 15.9. The number of anilines is 1. The smallest absolute Gasteiger partial charge is 0.222 e. The number of hydrogen-bond donors (Lipinski definition) is 2. The quantitative estimate of drug-likeness (QED) is 0.620. The van der Waals surface area contributed by atoms with Gasteiger partial charge in [0.05, 0.1) is 18.1 Å². The predicted molar refractivity (Wildman–Crippen MR) is 102 cm³/mol. The van der Waals surface area contributed by atoms with Gasteiger partial charge in [-0.05, 0) is 25.5 Å². The van der Waals surface area contributed by atoms with E-state index in [-0.39, 0.29) is 36.1 Å². The van der Waals surface area contributed by atoms with Gasteiger partial charge in [0.25, 0.3) is 0 Å². The molecular formula is C20H20F3N5O. The molecule has 152 valence electrons. The van der Waals surface area contributed by atoms with E-state index in [9.17, 15) is 18.3 Å². The lowest BCUT2D eigenvalue weighted by molar-refractivity contribution is 0.267. The molecule has 0 fully saturated rings. The van der Waals surface area contributed by atoms with Crippen molar-refractivity contribution in [2.45, 2.75) is 31.9 Å². The van der Waals surface area contributed by atoms with Crippen LogP contribution in [-0.2, 0) is 5.41 Å². The van der Waals surface area contributed by atoms with E-state index < -0.39 is 23.2 Å². The van der Waals surface area contributed by atoms with Crippen LogP contribution in [-0.4, -0.2) is 37.8 Å². The molecule has 3 aromatic rings. The van der Waals surface area contributed by atoms with Crippen LogP contribution in [0, 0.1) is 11.6 Å². The third kappa shape index (κ3) is 4.79. The Kier molecular flexibility index (Phi) is 5.95. The standard InChI is InChI=1S/C20H20F3N5O/c1-12(21)7-20(2,18-15(22)4-3-5-24-18)11-28-19-26-8-13(9-27-19)17-16(23)6-14(29)10-25-17/h3-6,8-10,12,29H,7,11H2,1-2H3,(H,26,27,28)/t12-,20-/m1/s1. The van der Waals surface area contributed by atoms with Gasteiger partial charge in [-0.2, -0.15) is 0 Å². The Bertz CT molecular complexity index is 984. The molecule has 3 heterocycles. The van der Waals surface area contributed by atoms with Gasteiger partial charge in [0.1, 0.15) is 17.3 Å². The Hall–Kier alpha value is -3.23. The number of nitrogens with zero attached hydrogens (tertiary/aromatic N) is 4. The lowest BCUT2D eigenvalue weighted by atomic mass is 9.81. The molecule has 0 aliphatic rings. The van der Waals surface area contributed by atoms with E-state index in [2.05, 4.69) is 25.3 Å². The van der Waals surface area contributed by atoms with Gasteiger partial charge in [-0.1, -0.05) is 6.92 Å². The molecule has 9 heteroatoms. The first-order valence-electron chi connectivity index (χ1n) is 8.94. The van der Waals surface area contributed by atoms with Crippen LogP contribution >= 0.6 is 0 Å². The van der Waals surface area contributed by atoms with Crippen molar-refractivity contribution in [3.05, 3.63) is 60.3 Å². The van der Waals surface area contributed by atoms with Gasteiger partial charge in [0, 0.05) is 42.2 Å². The van der Waals surface area contributed by atoms with Gasteiger partial charge >= 0.3 is 0 Å². The highest BCUT2D eigenvalue weighted by Gasteiger charge is 2.33. The molecule has 0 aromatic carbocycles. The third-order valence-corrected chi connectivity index (χ3v) is 4.45. The van der Waals surface area contributed by atoms with Gasteiger partial charge in [-0.3, -0.25) is 4.98 Å². The van der Waals surface area contributed by atoms with Crippen LogP contribution in [0.3, 0.4) is 0 Å².